The lowest BCUT2D eigenvalue weighted by Crippen LogP contribution is -2.13. The van der Waals surface area contributed by atoms with E-state index in [9.17, 15) is 4.79 Å². The molecule has 1 aromatic carbocycles. The van der Waals surface area contributed by atoms with E-state index in [0.29, 0.717) is 0 Å². The Morgan fingerprint density at radius 1 is 1.16 bits per heavy atom. The minimum absolute atomic E-state index is 0.0358. The largest absolute Gasteiger partial charge is 0.385 e. The third-order valence-corrected chi connectivity index (χ3v) is 3.34. The van der Waals surface area contributed by atoms with Crippen molar-refractivity contribution in [3.8, 4) is 0 Å². The number of hydrogen-bond donors (Lipinski definition) is 2. The van der Waals surface area contributed by atoms with Crippen molar-refractivity contribution in [1.29, 1.82) is 0 Å². The zero-order valence-corrected chi connectivity index (χ0v) is 12.3. The summed E-state index contributed by atoms with van der Waals surface area (Å²) < 4.78 is 0. The predicted octanol–water partition coefficient (Wildman–Crippen LogP) is 4.27. The molecule has 0 heterocycles. The van der Waals surface area contributed by atoms with Gasteiger partial charge in [0.25, 0.3) is 0 Å². The molecule has 1 amide bonds. The highest BCUT2D eigenvalue weighted by atomic mass is 16.1. The average molecular weight is 262 g/mol. The molecule has 0 fully saturated rings. The summed E-state index contributed by atoms with van der Waals surface area (Å²) in [7, 11) is 0. The highest BCUT2D eigenvalue weighted by Crippen LogP contribution is 2.17. The zero-order chi connectivity index (χ0) is 14.1. The van der Waals surface area contributed by atoms with Gasteiger partial charge >= 0.3 is 0 Å². The van der Waals surface area contributed by atoms with Gasteiger partial charge in [-0.3, -0.25) is 4.79 Å². The Balaban J connectivity index is 2.41. The minimum atomic E-state index is -0.0358. The lowest BCUT2D eigenvalue weighted by atomic mass is 9.99. The van der Waals surface area contributed by atoms with Crippen LogP contribution in [-0.2, 0) is 4.79 Å². The van der Waals surface area contributed by atoms with Crippen LogP contribution >= 0.6 is 0 Å². The van der Waals surface area contributed by atoms with Crippen molar-refractivity contribution in [1.82, 2.24) is 0 Å². The Hall–Kier alpha value is -1.51. The molecule has 106 valence electrons. The Morgan fingerprint density at radius 2 is 1.79 bits per heavy atom. The summed E-state index contributed by atoms with van der Waals surface area (Å²) >= 11 is 0. The molecule has 0 spiro atoms. The van der Waals surface area contributed by atoms with Gasteiger partial charge in [0.05, 0.1) is 0 Å². The molecule has 3 nitrogen and oxygen atoms in total. The van der Waals surface area contributed by atoms with E-state index in [2.05, 4.69) is 24.5 Å². The zero-order valence-electron chi connectivity index (χ0n) is 12.3. The first-order valence-corrected chi connectivity index (χ1v) is 7.27. The van der Waals surface area contributed by atoms with Gasteiger partial charge in [0.2, 0.25) is 5.91 Å². The maximum absolute atomic E-state index is 10.9. The fraction of sp³-hybridized carbons (Fsp3) is 0.562. The molecule has 0 bridgehead atoms. The molecular weight excluding hydrogens is 236 g/mol. The van der Waals surface area contributed by atoms with Crippen LogP contribution in [0.15, 0.2) is 24.3 Å². The van der Waals surface area contributed by atoms with E-state index in [-0.39, 0.29) is 5.91 Å². The summed E-state index contributed by atoms with van der Waals surface area (Å²) in [4.78, 5) is 10.9. The minimum Gasteiger partial charge on any atom is -0.385 e. The van der Waals surface area contributed by atoms with Gasteiger partial charge in [0.1, 0.15) is 0 Å². The topological polar surface area (TPSA) is 41.1 Å². The Morgan fingerprint density at radius 3 is 2.32 bits per heavy atom. The summed E-state index contributed by atoms with van der Waals surface area (Å²) in [5.41, 5.74) is 1.96. The van der Waals surface area contributed by atoms with Crippen molar-refractivity contribution in [3.05, 3.63) is 24.3 Å². The van der Waals surface area contributed by atoms with Gasteiger partial charge in [0.15, 0.2) is 0 Å². The monoisotopic (exact) mass is 262 g/mol. The van der Waals surface area contributed by atoms with E-state index in [1.165, 1.54) is 32.6 Å². The molecule has 3 heteroatoms. The smallest absolute Gasteiger partial charge is 0.221 e. The van der Waals surface area contributed by atoms with Crippen LogP contribution in [0.1, 0.15) is 46.5 Å². The molecule has 0 aliphatic heterocycles. The maximum atomic E-state index is 10.9. The maximum Gasteiger partial charge on any atom is 0.221 e. The number of rotatable bonds is 8. The van der Waals surface area contributed by atoms with E-state index < -0.39 is 0 Å². The second kappa shape index (κ2) is 8.57. The van der Waals surface area contributed by atoms with Gasteiger partial charge in [-0.15, -0.1) is 0 Å². The molecule has 1 aromatic rings. The summed E-state index contributed by atoms with van der Waals surface area (Å²) in [5, 5.41) is 6.24. The van der Waals surface area contributed by atoms with Crippen molar-refractivity contribution in [2.24, 2.45) is 5.92 Å². The number of amides is 1. The molecule has 0 radical (unpaired) electrons. The van der Waals surface area contributed by atoms with Gasteiger partial charge < -0.3 is 10.6 Å². The second-order valence-electron chi connectivity index (χ2n) is 5.06. The molecular formula is C16H26N2O. The lowest BCUT2D eigenvalue weighted by Gasteiger charge is -2.16. The molecule has 0 saturated heterocycles. The lowest BCUT2D eigenvalue weighted by molar-refractivity contribution is -0.114. The number of carbonyl (C=O) groups is 1. The SMILES string of the molecule is CCCCC(CC)CNc1ccc(NC(C)=O)cc1. The first kappa shape index (κ1) is 15.5. The average Bonchev–Trinajstić information content (AvgIpc) is 2.40. The van der Waals surface area contributed by atoms with E-state index in [0.717, 1.165) is 23.8 Å². The van der Waals surface area contributed by atoms with E-state index in [1.807, 2.05) is 24.3 Å². The fourth-order valence-corrected chi connectivity index (χ4v) is 2.08. The summed E-state index contributed by atoms with van der Waals surface area (Å²) in [6.45, 7) is 7.03. The van der Waals surface area contributed by atoms with Crippen LogP contribution in [-0.4, -0.2) is 12.5 Å². The summed E-state index contributed by atoms with van der Waals surface area (Å²) in [6.07, 6.45) is 5.09. The number of unbranched alkanes of at least 4 members (excludes halogenated alkanes) is 1. The Bertz CT molecular complexity index is 373. The van der Waals surface area contributed by atoms with Gasteiger partial charge in [-0.05, 0) is 36.6 Å². The highest BCUT2D eigenvalue weighted by Gasteiger charge is 2.05. The van der Waals surface area contributed by atoms with Crippen LogP contribution in [0.2, 0.25) is 0 Å². The molecule has 19 heavy (non-hydrogen) atoms. The number of nitrogens with one attached hydrogen (secondary N) is 2. The van der Waals surface area contributed by atoms with Crippen molar-refractivity contribution in [2.45, 2.75) is 46.5 Å². The molecule has 1 atom stereocenters. The summed E-state index contributed by atoms with van der Waals surface area (Å²) in [5.74, 6) is 0.710. The van der Waals surface area contributed by atoms with E-state index in [4.69, 9.17) is 0 Å². The van der Waals surface area contributed by atoms with Crippen LogP contribution in [0, 0.1) is 5.92 Å². The van der Waals surface area contributed by atoms with Crippen LogP contribution in [0.25, 0.3) is 0 Å². The van der Waals surface area contributed by atoms with Crippen molar-refractivity contribution in [3.63, 3.8) is 0 Å². The standard InChI is InChI=1S/C16H26N2O/c1-4-6-7-14(5-2)12-17-15-8-10-16(11-9-15)18-13(3)19/h8-11,14,17H,4-7,12H2,1-3H3,(H,18,19). The van der Waals surface area contributed by atoms with Gasteiger partial charge in [-0.25, -0.2) is 0 Å². The van der Waals surface area contributed by atoms with E-state index in [1.54, 1.807) is 0 Å². The second-order valence-corrected chi connectivity index (χ2v) is 5.06. The van der Waals surface area contributed by atoms with Crippen LogP contribution in [0.3, 0.4) is 0 Å². The number of hydrogen-bond acceptors (Lipinski definition) is 2. The third-order valence-electron chi connectivity index (χ3n) is 3.34. The van der Waals surface area contributed by atoms with E-state index >= 15 is 0 Å². The molecule has 0 saturated carbocycles. The van der Waals surface area contributed by atoms with Crippen molar-refractivity contribution < 1.29 is 4.79 Å². The molecule has 2 N–H and O–H groups in total. The molecule has 0 aliphatic carbocycles. The third kappa shape index (κ3) is 6.27. The van der Waals surface area contributed by atoms with Crippen LogP contribution < -0.4 is 10.6 Å². The van der Waals surface area contributed by atoms with Gasteiger partial charge in [-0.1, -0.05) is 33.1 Å². The molecule has 0 aliphatic rings. The number of carbonyl (C=O) groups excluding carboxylic acids is 1. The summed E-state index contributed by atoms with van der Waals surface area (Å²) in [6, 6.07) is 7.88. The quantitative estimate of drug-likeness (QED) is 0.734. The first-order valence-electron chi connectivity index (χ1n) is 7.27. The van der Waals surface area contributed by atoms with Crippen molar-refractivity contribution in [2.75, 3.05) is 17.2 Å². The molecule has 0 aromatic heterocycles. The Kier molecular flexibility index (Phi) is 7.01. The fourth-order valence-electron chi connectivity index (χ4n) is 2.08. The first-order chi connectivity index (χ1) is 9.15. The van der Waals surface area contributed by atoms with Crippen molar-refractivity contribution >= 4 is 17.3 Å². The number of anilines is 2. The normalized spacial score (nSPS) is 11.9. The number of benzene rings is 1. The molecule has 1 unspecified atom stereocenters. The van der Waals surface area contributed by atoms with Gasteiger partial charge in [0, 0.05) is 24.8 Å². The molecule has 1 rings (SSSR count). The Labute approximate surface area is 116 Å². The van der Waals surface area contributed by atoms with Gasteiger partial charge in [-0.2, -0.15) is 0 Å². The highest BCUT2D eigenvalue weighted by molar-refractivity contribution is 5.88. The predicted molar refractivity (Wildman–Crippen MR) is 82.5 cm³/mol. The van der Waals surface area contributed by atoms with Crippen LogP contribution in [0.5, 0.6) is 0 Å². The van der Waals surface area contributed by atoms with Crippen LogP contribution in [0.4, 0.5) is 11.4 Å².